The van der Waals surface area contributed by atoms with Crippen LogP contribution in [0.4, 0.5) is 5.82 Å². The van der Waals surface area contributed by atoms with Crippen LogP contribution in [0.5, 0.6) is 0 Å². The van der Waals surface area contributed by atoms with Crippen LogP contribution >= 0.6 is 0 Å². The Morgan fingerprint density at radius 2 is 2.00 bits per heavy atom. The summed E-state index contributed by atoms with van der Waals surface area (Å²) in [5, 5.41) is 16.3. The smallest absolute Gasteiger partial charge is 0.224 e. The van der Waals surface area contributed by atoms with Crippen LogP contribution in [0.2, 0.25) is 0 Å². The van der Waals surface area contributed by atoms with Gasteiger partial charge in [0.05, 0.1) is 5.92 Å². The molecule has 1 N–H and O–H groups in total. The first kappa shape index (κ1) is 19.4. The zero-order valence-electron chi connectivity index (χ0n) is 17.1. The van der Waals surface area contributed by atoms with Crippen LogP contribution in [0.25, 0.3) is 5.65 Å². The fourth-order valence-electron chi connectivity index (χ4n) is 3.84. The minimum absolute atomic E-state index is 0.0116. The van der Waals surface area contributed by atoms with E-state index in [1.54, 1.807) is 0 Å². The van der Waals surface area contributed by atoms with Crippen LogP contribution in [0.1, 0.15) is 44.0 Å². The average molecular weight is 393 g/mol. The number of nitrogens with one attached hydrogen (secondary N) is 1. The van der Waals surface area contributed by atoms with E-state index in [0.29, 0.717) is 13.1 Å². The van der Waals surface area contributed by atoms with Crippen molar-refractivity contribution in [3.8, 4) is 0 Å². The Bertz CT molecular complexity index is 968. The number of carbonyl (C=O) groups excluding carboxylic acids is 1. The van der Waals surface area contributed by atoms with Crippen LogP contribution in [-0.2, 0) is 11.2 Å². The molecule has 1 aliphatic rings. The fraction of sp³-hybridized carbons (Fsp3) is 0.455. The van der Waals surface area contributed by atoms with Gasteiger partial charge in [0, 0.05) is 25.6 Å². The van der Waals surface area contributed by atoms with Crippen LogP contribution < -0.4 is 10.2 Å². The molecule has 1 aromatic carbocycles. The number of carbonyl (C=O) groups is 1. The number of anilines is 1. The maximum atomic E-state index is 12.7. The third-order valence-electron chi connectivity index (χ3n) is 5.46. The maximum absolute atomic E-state index is 12.7. The van der Waals surface area contributed by atoms with E-state index in [4.69, 9.17) is 5.10 Å². The molecule has 0 spiro atoms. The highest BCUT2D eigenvalue weighted by Crippen LogP contribution is 2.23. The summed E-state index contributed by atoms with van der Waals surface area (Å²) in [6.45, 7) is 6.44. The lowest BCUT2D eigenvalue weighted by atomic mass is 9.97. The van der Waals surface area contributed by atoms with E-state index in [1.165, 1.54) is 5.56 Å². The van der Waals surface area contributed by atoms with E-state index in [0.717, 1.165) is 43.1 Å². The molecular formula is C22H28N6O. The van der Waals surface area contributed by atoms with E-state index < -0.39 is 0 Å². The molecule has 7 heteroatoms. The van der Waals surface area contributed by atoms with Crippen molar-refractivity contribution in [1.29, 1.82) is 0 Å². The van der Waals surface area contributed by atoms with E-state index in [-0.39, 0.29) is 17.7 Å². The molecule has 3 aromatic rings. The van der Waals surface area contributed by atoms with Crippen molar-refractivity contribution in [3.05, 3.63) is 53.9 Å². The first-order chi connectivity index (χ1) is 14.1. The van der Waals surface area contributed by atoms with E-state index in [9.17, 15) is 4.79 Å². The Morgan fingerprint density at radius 3 is 2.79 bits per heavy atom. The summed E-state index contributed by atoms with van der Waals surface area (Å²) in [7, 11) is 0. The summed E-state index contributed by atoms with van der Waals surface area (Å²) in [5.74, 6) is 2.11. The number of benzene rings is 1. The highest BCUT2D eigenvalue weighted by molar-refractivity contribution is 5.79. The fourth-order valence-corrected chi connectivity index (χ4v) is 3.84. The predicted octanol–water partition coefficient (Wildman–Crippen LogP) is 2.82. The van der Waals surface area contributed by atoms with Crippen molar-refractivity contribution in [2.45, 2.75) is 39.0 Å². The van der Waals surface area contributed by atoms with Gasteiger partial charge in [-0.15, -0.1) is 15.3 Å². The van der Waals surface area contributed by atoms with Crippen molar-refractivity contribution in [2.24, 2.45) is 5.92 Å². The number of rotatable bonds is 6. The summed E-state index contributed by atoms with van der Waals surface area (Å²) < 4.78 is 1.82. The molecule has 0 radical (unpaired) electrons. The van der Waals surface area contributed by atoms with Gasteiger partial charge in [-0.2, -0.15) is 4.52 Å². The molecule has 0 bridgehead atoms. The Hall–Kier alpha value is -2.96. The Labute approximate surface area is 171 Å². The third kappa shape index (κ3) is 4.39. The second-order valence-electron chi connectivity index (χ2n) is 7.99. The van der Waals surface area contributed by atoms with Crippen molar-refractivity contribution in [2.75, 3.05) is 24.5 Å². The molecular weight excluding hydrogens is 364 g/mol. The lowest BCUT2D eigenvalue weighted by molar-refractivity contribution is -0.125. The zero-order valence-corrected chi connectivity index (χ0v) is 17.1. The second kappa shape index (κ2) is 8.59. The van der Waals surface area contributed by atoms with E-state index >= 15 is 0 Å². The molecule has 0 unspecified atom stereocenters. The number of piperidine rings is 1. The molecule has 0 aliphatic carbocycles. The quantitative estimate of drug-likeness (QED) is 0.698. The second-order valence-corrected chi connectivity index (χ2v) is 7.99. The van der Waals surface area contributed by atoms with Gasteiger partial charge in [0.15, 0.2) is 11.5 Å². The third-order valence-corrected chi connectivity index (χ3v) is 5.46. The molecule has 29 heavy (non-hydrogen) atoms. The lowest BCUT2D eigenvalue weighted by Crippen LogP contribution is -2.44. The molecule has 152 valence electrons. The van der Waals surface area contributed by atoms with Crippen molar-refractivity contribution in [3.63, 3.8) is 0 Å². The van der Waals surface area contributed by atoms with Gasteiger partial charge in [-0.3, -0.25) is 4.79 Å². The summed E-state index contributed by atoms with van der Waals surface area (Å²) in [4.78, 5) is 14.9. The topological polar surface area (TPSA) is 75.4 Å². The van der Waals surface area contributed by atoms with Crippen LogP contribution in [0, 0.1) is 5.92 Å². The average Bonchev–Trinajstić information content (AvgIpc) is 3.18. The predicted molar refractivity (Wildman–Crippen MR) is 113 cm³/mol. The highest BCUT2D eigenvalue weighted by atomic mass is 16.1. The molecule has 1 fully saturated rings. The Kier molecular flexibility index (Phi) is 5.74. The van der Waals surface area contributed by atoms with Gasteiger partial charge in [-0.1, -0.05) is 44.2 Å². The number of hydrogen-bond acceptors (Lipinski definition) is 5. The minimum Gasteiger partial charge on any atom is -0.355 e. The number of nitrogens with zero attached hydrogens (tertiary/aromatic N) is 5. The Morgan fingerprint density at radius 1 is 1.17 bits per heavy atom. The number of amides is 1. The highest BCUT2D eigenvalue weighted by Gasteiger charge is 2.27. The standard InChI is InChI=1S/C22H28N6O/c1-16(2)21-25-24-19-10-11-20(26-28(19)21)27-14-6-9-18(15-27)22(29)23-13-12-17-7-4-3-5-8-17/h3-5,7-8,10-11,16,18H,6,9,12-15H2,1-2H3,(H,23,29)/t18-/m0/s1. The van der Waals surface area contributed by atoms with Crippen molar-refractivity contribution < 1.29 is 4.79 Å². The van der Waals surface area contributed by atoms with Gasteiger partial charge in [0.25, 0.3) is 0 Å². The van der Waals surface area contributed by atoms with Gasteiger partial charge in [-0.25, -0.2) is 0 Å². The summed E-state index contributed by atoms with van der Waals surface area (Å²) in [6.07, 6.45) is 2.75. The lowest BCUT2D eigenvalue weighted by Gasteiger charge is -2.32. The van der Waals surface area contributed by atoms with E-state index in [2.05, 4.69) is 46.4 Å². The molecule has 0 saturated carbocycles. The first-order valence-corrected chi connectivity index (χ1v) is 10.4. The largest absolute Gasteiger partial charge is 0.355 e. The van der Waals surface area contributed by atoms with Crippen molar-refractivity contribution in [1.82, 2.24) is 25.1 Å². The maximum Gasteiger partial charge on any atom is 0.224 e. The van der Waals surface area contributed by atoms with Crippen LogP contribution in [-0.4, -0.2) is 45.4 Å². The molecule has 1 amide bonds. The summed E-state index contributed by atoms with van der Waals surface area (Å²) >= 11 is 0. The first-order valence-electron chi connectivity index (χ1n) is 10.4. The molecule has 7 nitrogen and oxygen atoms in total. The summed E-state index contributed by atoms with van der Waals surface area (Å²) in [5.41, 5.74) is 2.00. The van der Waals surface area contributed by atoms with Crippen molar-refractivity contribution >= 4 is 17.4 Å². The van der Waals surface area contributed by atoms with Gasteiger partial charge in [-0.05, 0) is 37.0 Å². The Balaban J connectivity index is 1.39. The monoisotopic (exact) mass is 392 g/mol. The van der Waals surface area contributed by atoms with Gasteiger partial charge in [0.1, 0.15) is 5.82 Å². The molecule has 2 aromatic heterocycles. The number of hydrogen-bond donors (Lipinski definition) is 1. The van der Waals surface area contributed by atoms with E-state index in [1.807, 2.05) is 34.8 Å². The van der Waals surface area contributed by atoms with Gasteiger partial charge in [0.2, 0.25) is 5.91 Å². The zero-order chi connectivity index (χ0) is 20.2. The molecule has 1 atom stereocenters. The minimum atomic E-state index is -0.0116. The number of aromatic nitrogens is 4. The molecule has 1 saturated heterocycles. The molecule has 3 heterocycles. The summed E-state index contributed by atoms with van der Waals surface area (Å²) in [6, 6.07) is 14.2. The molecule has 4 rings (SSSR count). The van der Waals surface area contributed by atoms with Crippen LogP contribution in [0.3, 0.4) is 0 Å². The number of fused-ring (bicyclic) bond motifs is 1. The van der Waals surface area contributed by atoms with Gasteiger partial charge < -0.3 is 10.2 Å². The normalized spacial score (nSPS) is 17.1. The van der Waals surface area contributed by atoms with Gasteiger partial charge >= 0.3 is 0 Å². The molecule has 1 aliphatic heterocycles. The van der Waals surface area contributed by atoms with Crippen LogP contribution in [0.15, 0.2) is 42.5 Å². The SMILES string of the molecule is CC(C)c1nnc2ccc(N3CCC[C@H](C(=O)NCCc4ccccc4)C3)nn12.